The zero-order valence-electron chi connectivity index (χ0n) is 24.6. The number of aromatic hydroxyl groups is 6. The van der Waals surface area contributed by atoms with Gasteiger partial charge in [-0.1, -0.05) is 26.0 Å². The number of hydrogen-bond acceptors (Lipinski definition) is 11. The highest BCUT2D eigenvalue weighted by molar-refractivity contribution is 6.09. The predicted molar refractivity (Wildman–Crippen MR) is 164 cm³/mol. The molecule has 0 saturated heterocycles. The van der Waals surface area contributed by atoms with Gasteiger partial charge in [0.05, 0.1) is 18.1 Å². The summed E-state index contributed by atoms with van der Waals surface area (Å²) in [6.45, 7) is 4.31. The lowest BCUT2D eigenvalue weighted by Crippen LogP contribution is -2.33. The largest absolute Gasteiger partial charge is 0.508 e. The highest BCUT2D eigenvalue weighted by atomic mass is 16.5. The summed E-state index contributed by atoms with van der Waals surface area (Å²) < 4.78 is 18.4. The van der Waals surface area contributed by atoms with Gasteiger partial charge in [0.15, 0.2) is 22.7 Å². The lowest BCUT2D eigenvalue weighted by Gasteiger charge is -2.37. The number of carbonyl (C=O) groups excluding carboxylic acids is 1. The van der Waals surface area contributed by atoms with E-state index in [1.807, 2.05) is 13.8 Å². The lowest BCUT2D eigenvalue weighted by molar-refractivity contribution is 0.0766. The Labute approximate surface area is 260 Å². The second kappa shape index (κ2) is 10.1. The molecule has 0 aliphatic carbocycles. The third-order valence-corrected chi connectivity index (χ3v) is 8.48. The van der Waals surface area contributed by atoms with Crippen LogP contribution in [-0.2, 0) is 6.42 Å². The summed E-state index contributed by atoms with van der Waals surface area (Å²) in [7, 11) is 0. The Hall–Kier alpha value is -5.84. The zero-order valence-corrected chi connectivity index (χ0v) is 24.6. The van der Waals surface area contributed by atoms with Crippen molar-refractivity contribution < 1.29 is 49.3 Å². The molecule has 0 spiro atoms. The third kappa shape index (κ3) is 4.50. The first-order valence-electron chi connectivity index (χ1n) is 14.4. The van der Waals surface area contributed by atoms with Crippen molar-refractivity contribution >= 4 is 16.8 Å². The van der Waals surface area contributed by atoms with Gasteiger partial charge < -0.3 is 44.5 Å². The molecule has 2 aliphatic rings. The number of fused-ring (bicyclic) bond motifs is 3. The van der Waals surface area contributed by atoms with Gasteiger partial charge in [0.2, 0.25) is 0 Å². The van der Waals surface area contributed by atoms with Crippen molar-refractivity contribution in [1.82, 2.24) is 0 Å². The van der Waals surface area contributed by atoms with E-state index >= 15 is 0 Å². The quantitative estimate of drug-likeness (QED) is 0.134. The van der Waals surface area contributed by atoms with Crippen molar-refractivity contribution in [3.05, 3.63) is 93.1 Å². The Morgan fingerprint density at radius 1 is 0.783 bits per heavy atom. The maximum Gasteiger partial charge on any atom is 0.197 e. The Morgan fingerprint density at radius 2 is 1.52 bits per heavy atom. The van der Waals surface area contributed by atoms with Crippen LogP contribution in [0.1, 0.15) is 52.9 Å². The highest BCUT2D eigenvalue weighted by Crippen LogP contribution is 2.54. The van der Waals surface area contributed by atoms with Crippen molar-refractivity contribution in [3.8, 4) is 57.3 Å². The van der Waals surface area contributed by atoms with Crippen molar-refractivity contribution in [2.24, 2.45) is 5.41 Å². The van der Waals surface area contributed by atoms with Crippen LogP contribution < -0.4 is 14.9 Å². The Bertz CT molecular complexity index is 2140. The molecule has 5 aromatic rings. The molecule has 7 rings (SSSR count). The first-order valence-corrected chi connectivity index (χ1v) is 14.4. The smallest absolute Gasteiger partial charge is 0.197 e. The minimum Gasteiger partial charge on any atom is -0.508 e. The molecule has 0 fully saturated rings. The summed E-state index contributed by atoms with van der Waals surface area (Å²) in [6, 6.07) is 13.2. The van der Waals surface area contributed by atoms with Crippen molar-refractivity contribution in [2.75, 3.05) is 6.61 Å². The van der Waals surface area contributed by atoms with Crippen LogP contribution in [-0.4, -0.2) is 43.0 Å². The molecule has 46 heavy (non-hydrogen) atoms. The molecule has 0 saturated carbocycles. The SMILES string of the molecule is CC1(C)COc2cc3c(c(O)c2C1)C(=O)[C@H](c1c(O)cc(O)c2c(=O)cc(-c4ccc(O)c(O)c4)oc12)[C@@H](c1ccc(O)cc1)O3. The van der Waals surface area contributed by atoms with E-state index in [-0.39, 0.29) is 56.1 Å². The fourth-order valence-electron chi connectivity index (χ4n) is 6.24. The number of Topliss-reactive ketones (excluding diaryl/α,β-unsaturated/α-hetero) is 1. The summed E-state index contributed by atoms with van der Waals surface area (Å²) >= 11 is 0. The van der Waals surface area contributed by atoms with Gasteiger partial charge in [-0.25, -0.2) is 0 Å². The van der Waals surface area contributed by atoms with Crippen molar-refractivity contribution in [2.45, 2.75) is 32.3 Å². The van der Waals surface area contributed by atoms with Crippen LogP contribution in [0.4, 0.5) is 0 Å². The molecule has 0 bridgehead atoms. The van der Waals surface area contributed by atoms with Crippen LogP contribution in [0.3, 0.4) is 0 Å². The molecule has 2 atom stereocenters. The number of ketones is 1. The molecule has 2 aliphatic heterocycles. The van der Waals surface area contributed by atoms with Crippen LogP contribution in [0.5, 0.6) is 46.0 Å². The summed E-state index contributed by atoms with van der Waals surface area (Å²) in [6.07, 6.45) is -0.769. The van der Waals surface area contributed by atoms with E-state index in [0.29, 0.717) is 29.9 Å². The molecule has 3 heterocycles. The van der Waals surface area contributed by atoms with E-state index in [1.54, 1.807) is 6.07 Å². The van der Waals surface area contributed by atoms with E-state index in [4.69, 9.17) is 13.9 Å². The lowest BCUT2D eigenvalue weighted by atomic mass is 9.77. The molecular weight excluding hydrogens is 596 g/mol. The number of benzene rings is 4. The van der Waals surface area contributed by atoms with Gasteiger partial charge >= 0.3 is 0 Å². The monoisotopic (exact) mass is 624 g/mol. The van der Waals surface area contributed by atoms with Gasteiger partial charge in [0.25, 0.3) is 0 Å². The average molecular weight is 625 g/mol. The first-order chi connectivity index (χ1) is 21.8. The molecule has 0 unspecified atom stereocenters. The first kappa shape index (κ1) is 28.9. The van der Waals surface area contributed by atoms with Gasteiger partial charge in [-0.15, -0.1) is 0 Å². The summed E-state index contributed by atoms with van der Waals surface area (Å²) in [5.41, 5.74) is -0.716. The van der Waals surface area contributed by atoms with Gasteiger partial charge in [-0.3, -0.25) is 9.59 Å². The molecule has 234 valence electrons. The van der Waals surface area contributed by atoms with Crippen LogP contribution >= 0.6 is 0 Å². The van der Waals surface area contributed by atoms with E-state index in [1.165, 1.54) is 36.4 Å². The summed E-state index contributed by atoms with van der Waals surface area (Å²) in [5, 5.41) is 63.2. The second-order valence-electron chi connectivity index (χ2n) is 12.4. The van der Waals surface area contributed by atoms with Crippen LogP contribution in [0, 0.1) is 5.41 Å². The van der Waals surface area contributed by atoms with Crippen LogP contribution in [0.15, 0.2) is 69.9 Å². The summed E-state index contributed by atoms with van der Waals surface area (Å²) in [5.74, 6) is -4.24. The van der Waals surface area contributed by atoms with Crippen molar-refractivity contribution in [1.29, 1.82) is 0 Å². The Morgan fingerprint density at radius 3 is 2.24 bits per heavy atom. The molecule has 11 heteroatoms. The van der Waals surface area contributed by atoms with E-state index < -0.39 is 46.2 Å². The number of ether oxygens (including phenoxy) is 2. The van der Waals surface area contributed by atoms with Crippen LogP contribution in [0.2, 0.25) is 0 Å². The minimum absolute atomic E-state index is 0.0413. The van der Waals surface area contributed by atoms with Crippen molar-refractivity contribution in [3.63, 3.8) is 0 Å². The fourth-order valence-corrected chi connectivity index (χ4v) is 6.24. The molecule has 4 aromatic carbocycles. The van der Waals surface area contributed by atoms with E-state index in [2.05, 4.69) is 0 Å². The maximum absolute atomic E-state index is 14.7. The number of phenols is 6. The maximum atomic E-state index is 14.7. The molecule has 1 aromatic heterocycles. The number of hydrogen-bond donors (Lipinski definition) is 6. The minimum atomic E-state index is -1.44. The van der Waals surface area contributed by atoms with E-state index in [9.17, 15) is 40.2 Å². The second-order valence-corrected chi connectivity index (χ2v) is 12.4. The van der Waals surface area contributed by atoms with Gasteiger partial charge in [-0.2, -0.15) is 0 Å². The molecule has 11 nitrogen and oxygen atoms in total. The Balaban J connectivity index is 1.51. The van der Waals surface area contributed by atoms with E-state index in [0.717, 1.165) is 18.2 Å². The zero-order chi connectivity index (χ0) is 32.7. The van der Waals surface area contributed by atoms with Gasteiger partial charge in [-0.05, 0) is 42.3 Å². The number of rotatable bonds is 3. The predicted octanol–water partition coefficient (Wildman–Crippen LogP) is 5.75. The summed E-state index contributed by atoms with van der Waals surface area (Å²) in [4.78, 5) is 28.1. The molecular formula is C35H28O11. The molecule has 6 N–H and O–H groups in total. The number of phenolic OH excluding ortho intramolecular Hbond substituents is 6. The standard InChI is InChI=1S/C35H28O11/c1-35(2)13-18-25(44-14-35)12-26-29(31(18)42)32(43)30(33(46-26)15-3-6-17(36)7-4-15)28-22(40)10-21(39)27-23(41)11-24(45-34(27)28)16-5-8-19(37)20(38)9-16/h3-12,30,33,36-40,42H,13-14H2,1-2H3/t30-,33+/m0/s1. The third-order valence-electron chi connectivity index (χ3n) is 8.48. The normalized spacial score (nSPS) is 18.3. The number of carbonyl (C=O) groups is 1. The molecule has 0 radical (unpaired) electrons. The van der Waals surface area contributed by atoms with Gasteiger partial charge in [0, 0.05) is 34.7 Å². The fraction of sp³-hybridized carbons (Fsp3) is 0.200. The molecule has 0 amide bonds. The van der Waals surface area contributed by atoms with Crippen LogP contribution in [0.25, 0.3) is 22.3 Å². The van der Waals surface area contributed by atoms with Gasteiger partial charge in [0.1, 0.15) is 62.9 Å². The Kier molecular flexibility index (Phi) is 6.34. The topological polar surface area (TPSA) is 187 Å². The highest BCUT2D eigenvalue weighted by Gasteiger charge is 2.46. The average Bonchev–Trinajstić information content (AvgIpc) is 2.99.